The summed E-state index contributed by atoms with van der Waals surface area (Å²) < 4.78 is 0. The van der Waals surface area contributed by atoms with Gasteiger partial charge in [-0.25, -0.2) is 0 Å². The van der Waals surface area contributed by atoms with Crippen LogP contribution in [0.3, 0.4) is 0 Å². The summed E-state index contributed by atoms with van der Waals surface area (Å²) in [4.78, 5) is 32.2. The van der Waals surface area contributed by atoms with E-state index in [9.17, 15) is 9.59 Å². The van der Waals surface area contributed by atoms with E-state index in [1.54, 1.807) is 16.2 Å². The molecule has 3 aromatic rings. The first kappa shape index (κ1) is 25.2. The molecular weight excluding hydrogens is 452 g/mol. The molecule has 0 aliphatic carbocycles. The van der Waals surface area contributed by atoms with Crippen molar-refractivity contribution in [2.24, 2.45) is 0 Å². The van der Waals surface area contributed by atoms with Crippen LogP contribution < -0.4 is 0 Å². The number of fused-ring (bicyclic) bond motifs is 1. The number of thiophene rings is 1. The van der Waals surface area contributed by atoms with E-state index in [0.717, 1.165) is 18.4 Å². The molecule has 2 amide bonds. The summed E-state index contributed by atoms with van der Waals surface area (Å²) in [7, 11) is 0. The van der Waals surface area contributed by atoms with Gasteiger partial charge in [0.15, 0.2) is 0 Å². The van der Waals surface area contributed by atoms with Gasteiger partial charge in [0.2, 0.25) is 5.91 Å². The van der Waals surface area contributed by atoms with Crippen molar-refractivity contribution >= 4 is 23.2 Å². The largest absolute Gasteiger partial charge is 0.330 e. The molecule has 1 unspecified atom stereocenters. The average Bonchev–Trinajstić information content (AvgIpc) is 3.32. The van der Waals surface area contributed by atoms with Crippen LogP contribution in [0.5, 0.6) is 0 Å². The molecule has 0 fully saturated rings. The van der Waals surface area contributed by atoms with Gasteiger partial charge in [-0.15, -0.1) is 11.3 Å². The van der Waals surface area contributed by atoms with Gasteiger partial charge >= 0.3 is 0 Å². The van der Waals surface area contributed by atoms with Crippen molar-refractivity contribution in [2.45, 2.75) is 58.9 Å². The average molecular weight is 489 g/mol. The number of carbonyl (C=O) groups is 2. The zero-order valence-corrected chi connectivity index (χ0v) is 22.3. The fraction of sp³-hybridized carbons (Fsp3) is 0.400. The predicted octanol–water partition coefficient (Wildman–Crippen LogP) is 6.38. The molecule has 1 aliphatic heterocycles. The zero-order chi connectivity index (χ0) is 25.2. The molecule has 2 aromatic carbocycles. The van der Waals surface area contributed by atoms with E-state index in [4.69, 9.17) is 0 Å². The number of carbonyl (C=O) groups excluding carboxylic acids is 2. The van der Waals surface area contributed by atoms with Crippen LogP contribution in [-0.4, -0.2) is 41.2 Å². The minimum absolute atomic E-state index is 0.000497. The molecule has 4 nitrogen and oxygen atoms in total. The highest BCUT2D eigenvalue weighted by Gasteiger charge is 2.34. The minimum atomic E-state index is -0.109. The van der Waals surface area contributed by atoms with E-state index in [0.29, 0.717) is 18.7 Å². The number of benzene rings is 2. The Bertz CT molecular complexity index is 1170. The smallest absolute Gasteiger partial charge is 0.254 e. The summed E-state index contributed by atoms with van der Waals surface area (Å²) >= 11 is 1.77. The number of hydrogen-bond donors (Lipinski definition) is 0. The Balaban J connectivity index is 1.57. The van der Waals surface area contributed by atoms with Crippen molar-refractivity contribution < 1.29 is 9.59 Å². The number of rotatable bonds is 6. The highest BCUT2D eigenvalue weighted by Crippen LogP contribution is 2.38. The van der Waals surface area contributed by atoms with Gasteiger partial charge in [-0.05, 0) is 65.4 Å². The van der Waals surface area contributed by atoms with Crippen molar-refractivity contribution in [3.63, 3.8) is 0 Å². The first-order chi connectivity index (χ1) is 16.7. The van der Waals surface area contributed by atoms with Gasteiger partial charge in [0.25, 0.3) is 5.91 Å². The topological polar surface area (TPSA) is 40.6 Å². The summed E-state index contributed by atoms with van der Waals surface area (Å²) in [5, 5.41) is 2.12. The predicted molar refractivity (Wildman–Crippen MR) is 144 cm³/mol. The zero-order valence-electron chi connectivity index (χ0n) is 21.5. The summed E-state index contributed by atoms with van der Waals surface area (Å²) in [5.41, 5.74) is 5.38. The normalized spacial score (nSPS) is 15.6. The number of aryl methyl sites for hydroxylation is 1. The molecule has 5 heteroatoms. The Morgan fingerprint density at radius 3 is 2.34 bits per heavy atom. The minimum Gasteiger partial charge on any atom is -0.330 e. The lowest BCUT2D eigenvalue weighted by atomic mass is 9.86. The first-order valence-corrected chi connectivity index (χ1v) is 13.4. The summed E-state index contributed by atoms with van der Waals surface area (Å²) in [6.45, 7) is 11.9. The van der Waals surface area contributed by atoms with E-state index in [-0.39, 0.29) is 29.8 Å². The van der Waals surface area contributed by atoms with E-state index in [1.165, 1.54) is 21.6 Å². The standard InChI is InChI=1S/C30H36N2O2S/c1-6-17-31(29(34)23-11-13-24(14-12-23)30(3,4)5)20-27(33)32-18-15-26-25(16-19-35-26)28(32)22-9-7-21(2)8-10-22/h7-14,16,19,28H,6,15,17-18,20H2,1-5H3. The van der Waals surface area contributed by atoms with Crippen molar-refractivity contribution in [2.75, 3.05) is 19.6 Å². The van der Waals surface area contributed by atoms with Gasteiger partial charge in [0, 0.05) is 23.5 Å². The van der Waals surface area contributed by atoms with Gasteiger partial charge in [-0.3, -0.25) is 9.59 Å². The van der Waals surface area contributed by atoms with Gasteiger partial charge in [-0.2, -0.15) is 0 Å². The van der Waals surface area contributed by atoms with Crippen LogP contribution >= 0.6 is 11.3 Å². The molecule has 2 heterocycles. The first-order valence-electron chi connectivity index (χ1n) is 12.5. The molecule has 0 saturated carbocycles. The SMILES string of the molecule is CCCN(CC(=O)N1CCc2sccc2C1c1ccc(C)cc1)C(=O)c1ccc(C(C)(C)C)cc1. The Labute approximate surface area is 213 Å². The van der Waals surface area contributed by atoms with Crippen molar-refractivity contribution in [1.82, 2.24) is 9.80 Å². The maximum Gasteiger partial charge on any atom is 0.254 e. The molecule has 0 saturated heterocycles. The van der Waals surface area contributed by atoms with E-state index >= 15 is 0 Å². The van der Waals surface area contributed by atoms with Crippen LogP contribution in [0.25, 0.3) is 0 Å². The van der Waals surface area contributed by atoms with E-state index < -0.39 is 0 Å². The molecule has 4 rings (SSSR count). The number of amides is 2. The maximum absolute atomic E-state index is 13.7. The fourth-order valence-corrected chi connectivity index (χ4v) is 5.67. The lowest BCUT2D eigenvalue weighted by Gasteiger charge is -2.37. The van der Waals surface area contributed by atoms with Gasteiger partial charge in [0.05, 0.1) is 6.04 Å². The lowest BCUT2D eigenvalue weighted by molar-refractivity contribution is -0.134. The van der Waals surface area contributed by atoms with Gasteiger partial charge in [-0.1, -0.05) is 69.7 Å². The Morgan fingerprint density at radius 1 is 1.03 bits per heavy atom. The lowest BCUT2D eigenvalue weighted by Crippen LogP contribution is -2.47. The molecule has 0 spiro atoms. The third kappa shape index (κ3) is 5.51. The third-order valence-electron chi connectivity index (χ3n) is 6.78. The monoisotopic (exact) mass is 488 g/mol. The second-order valence-electron chi connectivity index (χ2n) is 10.5. The summed E-state index contributed by atoms with van der Waals surface area (Å²) in [6.07, 6.45) is 1.66. The molecular formula is C30H36N2O2S. The molecule has 184 valence electrons. The third-order valence-corrected chi connectivity index (χ3v) is 7.78. The molecule has 0 radical (unpaired) electrons. The van der Waals surface area contributed by atoms with E-state index in [1.807, 2.05) is 36.1 Å². The van der Waals surface area contributed by atoms with Crippen molar-refractivity contribution in [1.29, 1.82) is 0 Å². The molecule has 0 N–H and O–H groups in total. The number of nitrogens with zero attached hydrogens (tertiary/aromatic N) is 2. The quantitative estimate of drug-likeness (QED) is 0.404. The van der Waals surface area contributed by atoms with Crippen LogP contribution in [0.1, 0.15) is 77.6 Å². The Hall–Kier alpha value is -2.92. The van der Waals surface area contributed by atoms with Crippen LogP contribution in [0.2, 0.25) is 0 Å². The maximum atomic E-state index is 13.7. The van der Waals surface area contributed by atoms with Crippen molar-refractivity contribution in [3.8, 4) is 0 Å². The second-order valence-corrected chi connectivity index (χ2v) is 11.5. The molecule has 0 bridgehead atoms. The summed E-state index contributed by atoms with van der Waals surface area (Å²) in [5.74, 6) is -0.0821. The van der Waals surface area contributed by atoms with Crippen LogP contribution in [0, 0.1) is 6.92 Å². The Morgan fingerprint density at radius 2 is 1.71 bits per heavy atom. The fourth-order valence-electron chi connectivity index (χ4n) is 4.77. The highest BCUT2D eigenvalue weighted by atomic mass is 32.1. The van der Waals surface area contributed by atoms with Crippen molar-refractivity contribution in [3.05, 3.63) is 92.7 Å². The van der Waals surface area contributed by atoms with Gasteiger partial charge < -0.3 is 9.80 Å². The number of hydrogen-bond acceptors (Lipinski definition) is 3. The molecule has 1 atom stereocenters. The molecule has 1 aromatic heterocycles. The van der Waals surface area contributed by atoms with Gasteiger partial charge in [0.1, 0.15) is 6.54 Å². The second kappa shape index (κ2) is 10.4. The Kier molecular flexibility index (Phi) is 7.46. The van der Waals surface area contributed by atoms with Crippen LogP contribution in [-0.2, 0) is 16.6 Å². The van der Waals surface area contributed by atoms with E-state index in [2.05, 4.69) is 63.4 Å². The molecule has 1 aliphatic rings. The summed E-state index contributed by atoms with van der Waals surface area (Å²) in [6, 6.07) is 18.3. The van der Waals surface area contributed by atoms with Crippen LogP contribution in [0.15, 0.2) is 60.0 Å². The molecule has 35 heavy (non-hydrogen) atoms. The highest BCUT2D eigenvalue weighted by molar-refractivity contribution is 7.10. The van der Waals surface area contributed by atoms with Crippen LogP contribution in [0.4, 0.5) is 0 Å².